The summed E-state index contributed by atoms with van der Waals surface area (Å²) in [5, 5.41) is 3.07. The quantitative estimate of drug-likeness (QED) is 0.501. The number of aryl methyl sites for hydroxylation is 1. The van der Waals surface area contributed by atoms with E-state index in [1.54, 1.807) is 0 Å². The lowest BCUT2D eigenvalue weighted by Crippen LogP contribution is -2.27. The van der Waals surface area contributed by atoms with Crippen molar-refractivity contribution in [2.45, 2.75) is 31.3 Å². The number of carbonyl (C=O) groups excluding carboxylic acids is 1. The van der Waals surface area contributed by atoms with Crippen molar-refractivity contribution in [1.29, 1.82) is 0 Å². The van der Waals surface area contributed by atoms with E-state index in [0.717, 1.165) is 24.1 Å². The lowest BCUT2D eigenvalue weighted by Gasteiger charge is -2.15. The van der Waals surface area contributed by atoms with Crippen LogP contribution in [0.25, 0.3) is 0 Å². The minimum absolute atomic E-state index is 0.0106. The molecule has 0 radical (unpaired) electrons. The van der Waals surface area contributed by atoms with E-state index in [4.69, 9.17) is 10.5 Å². The number of nitrogens with one attached hydrogen (secondary N) is 1. The maximum absolute atomic E-state index is 12.6. The molecule has 1 aliphatic heterocycles. The van der Waals surface area contributed by atoms with E-state index < -0.39 is 16.0 Å². The summed E-state index contributed by atoms with van der Waals surface area (Å²) in [5.41, 5.74) is 7.81. The number of nitrogens with two attached hydrogens (primary N) is 1. The van der Waals surface area contributed by atoms with Crippen LogP contribution in [0.4, 0.5) is 17.6 Å². The van der Waals surface area contributed by atoms with E-state index in [1.807, 2.05) is 31.2 Å². The minimum Gasteiger partial charge on any atom is -0.454 e. The lowest BCUT2D eigenvalue weighted by molar-refractivity contribution is 0.0462. The third kappa shape index (κ3) is 5.26. The molecule has 0 atom stereocenters. The molecule has 0 amide bonds. The maximum Gasteiger partial charge on any atom is 0.338 e. The summed E-state index contributed by atoms with van der Waals surface area (Å²) in [6.45, 7) is 2.75. The van der Waals surface area contributed by atoms with Crippen molar-refractivity contribution in [3.05, 3.63) is 65.5 Å². The number of rotatable bonds is 7. The molecule has 10 nitrogen and oxygen atoms in total. The predicted molar refractivity (Wildman–Crippen MR) is 122 cm³/mol. The molecule has 1 aromatic heterocycles. The Morgan fingerprint density at radius 2 is 1.76 bits per heavy atom. The van der Waals surface area contributed by atoms with Crippen molar-refractivity contribution >= 4 is 33.6 Å². The number of anilines is 3. The first-order valence-corrected chi connectivity index (χ1v) is 11.9. The maximum atomic E-state index is 12.6. The Kier molecular flexibility index (Phi) is 6.52. The van der Waals surface area contributed by atoms with Gasteiger partial charge < -0.3 is 15.8 Å². The summed E-state index contributed by atoms with van der Waals surface area (Å²) in [6.07, 6.45) is 1.71. The normalized spacial score (nSPS) is 14.2. The molecule has 0 bridgehead atoms. The van der Waals surface area contributed by atoms with E-state index in [9.17, 15) is 13.2 Å². The number of nitrogen functional groups attached to an aromatic ring is 1. The van der Waals surface area contributed by atoms with Gasteiger partial charge in [-0.2, -0.15) is 19.3 Å². The third-order valence-corrected chi connectivity index (χ3v) is 7.13. The fraction of sp³-hybridized carbons (Fsp3) is 0.273. The van der Waals surface area contributed by atoms with E-state index in [1.165, 1.54) is 28.6 Å². The van der Waals surface area contributed by atoms with Crippen molar-refractivity contribution in [2.75, 3.05) is 24.1 Å². The number of sulfonamides is 1. The monoisotopic (exact) mass is 468 g/mol. The van der Waals surface area contributed by atoms with Gasteiger partial charge in [-0.25, -0.2) is 13.2 Å². The van der Waals surface area contributed by atoms with E-state index >= 15 is 0 Å². The van der Waals surface area contributed by atoms with Gasteiger partial charge in [-0.1, -0.05) is 18.2 Å². The molecule has 1 fully saturated rings. The van der Waals surface area contributed by atoms with Crippen molar-refractivity contribution in [3.63, 3.8) is 0 Å². The predicted octanol–water partition coefficient (Wildman–Crippen LogP) is 2.65. The summed E-state index contributed by atoms with van der Waals surface area (Å²) in [6, 6.07) is 13.3. The zero-order valence-corrected chi connectivity index (χ0v) is 18.9. The number of aromatic nitrogens is 3. The molecule has 0 aliphatic carbocycles. The van der Waals surface area contributed by atoms with Crippen LogP contribution in [0.15, 0.2) is 53.4 Å². The second-order valence-corrected chi connectivity index (χ2v) is 9.52. The van der Waals surface area contributed by atoms with E-state index in [0.29, 0.717) is 13.1 Å². The average Bonchev–Trinajstić information content (AvgIpc) is 3.35. The van der Waals surface area contributed by atoms with Crippen molar-refractivity contribution in [2.24, 2.45) is 0 Å². The van der Waals surface area contributed by atoms with Gasteiger partial charge in [0, 0.05) is 18.8 Å². The van der Waals surface area contributed by atoms with Gasteiger partial charge in [0.2, 0.25) is 21.9 Å². The molecule has 172 valence electrons. The molecule has 2 aromatic carbocycles. The second-order valence-electron chi connectivity index (χ2n) is 7.59. The van der Waals surface area contributed by atoms with Crippen LogP contribution in [0.3, 0.4) is 0 Å². The highest BCUT2D eigenvalue weighted by atomic mass is 32.2. The first kappa shape index (κ1) is 22.6. The summed E-state index contributed by atoms with van der Waals surface area (Å²) < 4.78 is 32.0. The first-order chi connectivity index (χ1) is 15.8. The number of nitrogens with zero attached hydrogens (tertiary/aromatic N) is 4. The van der Waals surface area contributed by atoms with Gasteiger partial charge in [-0.3, -0.25) is 0 Å². The topological polar surface area (TPSA) is 140 Å². The number of hydrogen-bond acceptors (Lipinski definition) is 9. The number of benzene rings is 2. The minimum atomic E-state index is -3.54. The number of carbonyl (C=O) groups is 1. The van der Waals surface area contributed by atoms with Crippen molar-refractivity contribution < 1.29 is 17.9 Å². The van der Waals surface area contributed by atoms with Gasteiger partial charge in [0.1, 0.15) is 0 Å². The molecule has 1 saturated heterocycles. The Morgan fingerprint density at radius 3 is 2.45 bits per heavy atom. The van der Waals surface area contributed by atoms with Crippen LogP contribution in [-0.4, -0.2) is 46.7 Å². The van der Waals surface area contributed by atoms with Crippen LogP contribution in [0, 0.1) is 6.92 Å². The zero-order valence-electron chi connectivity index (χ0n) is 18.1. The Bertz CT molecular complexity index is 1260. The Balaban J connectivity index is 1.41. The van der Waals surface area contributed by atoms with Gasteiger partial charge in [-0.05, 0) is 55.7 Å². The number of ether oxygens (including phenoxy) is 1. The Morgan fingerprint density at radius 1 is 1.06 bits per heavy atom. The Hall–Kier alpha value is -3.57. The summed E-state index contributed by atoms with van der Waals surface area (Å²) >= 11 is 0. The SMILES string of the molecule is Cc1ccccc1Nc1nc(N)nc(COC(=O)c2ccc(S(=O)(=O)N3CCCC3)cc2)n1. The fourth-order valence-electron chi connectivity index (χ4n) is 3.45. The van der Waals surface area contributed by atoms with Crippen LogP contribution in [-0.2, 0) is 21.4 Å². The molecule has 0 saturated carbocycles. The van der Waals surface area contributed by atoms with Crippen LogP contribution in [0.5, 0.6) is 0 Å². The highest BCUT2D eigenvalue weighted by Gasteiger charge is 2.27. The molecule has 11 heteroatoms. The van der Waals surface area contributed by atoms with Crippen LogP contribution < -0.4 is 11.1 Å². The number of hydrogen-bond donors (Lipinski definition) is 2. The Labute approximate surface area is 191 Å². The van der Waals surface area contributed by atoms with Crippen molar-refractivity contribution in [1.82, 2.24) is 19.3 Å². The summed E-state index contributed by atoms with van der Waals surface area (Å²) in [4.78, 5) is 24.9. The van der Waals surface area contributed by atoms with Gasteiger partial charge in [0.25, 0.3) is 0 Å². The van der Waals surface area contributed by atoms with Crippen LogP contribution in [0.1, 0.15) is 34.6 Å². The molecule has 0 unspecified atom stereocenters. The number of esters is 1. The van der Waals surface area contributed by atoms with E-state index in [2.05, 4.69) is 20.3 Å². The average molecular weight is 469 g/mol. The standard InChI is InChI=1S/C22H24N6O4S/c1-15-6-2-3-7-18(15)24-22-26-19(25-21(23)27-22)14-32-20(29)16-8-10-17(11-9-16)33(30,31)28-12-4-5-13-28/h2-3,6-11H,4-5,12-14H2,1H3,(H3,23,24,25,26,27). The third-order valence-electron chi connectivity index (χ3n) is 5.22. The molecule has 33 heavy (non-hydrogen) atoms. The van der Waals surface area contributed by atoms with Gasteiger partial charge >= 0.3 is 5.97 Å². The fourth-order valence-corrected chi connectivity index (χ4v) is 4.96. The number of para-hydroxylation sites is 1. The summed E-state index contributed by atoms with van der Waals surface area (Å²) in [7, 11) is -3.54. The van der Waals surface area contributed by atoms with Gasteiger partial charge in [-0.15, -0.1) is 0 Å². The second kappa shape index (κ2) is 9.51. The molecule has 0 spiro atoms. The molecule has 4 rings (SSSR count). The molecule has 3 aromatic rings. The van der Waals surface area contributed by atoms with Crippen LogP contribution in [0.2, 0.25) is 0 Å². The largest absolute Gasteiger partial charge is 0.454 e. The molecular formula is C22H24N6O4S. The highest BCUT2D eigenvalue weighted by Crippen LogP contribution is 2.22. The molecule has 3 N–H and O–H groups in total. The smallest absolute Gasteiger partial charge is 0.338 e. The summed E-state index contributed by atoms with van der Waals surface area (Å²) in [5.74, 6) is -0.226. The van der Waals surface area contributed by atoms with Gasteiger partial charge in [0.15, 0.2) is 12.4 Å². The first-order valence-electron chi connectivity index (χ1n) is 10.4. The molecule has 2 heterocycles. The highest BCUT2D eigenvalue weighted by molar-refractivity contribution is 7.89. The van der Waals surface area contributed by atoms with Gasteiger partial charge in [0.05, 0.1) is 10.5 Å². The van der Waals surface area contributed by atoms with Crippen molar-refractivity contribution in [3.8, 4) is 0 Å². The molecule has 1 aliphatic rings. The van der Waals surface area contributed by atoms with Crippen LogP contribution >= 0.6 is 0 Å². The zero-order chi connectivity index (χ0) is 23.4. The lowest BCUT2D eigenvalue weighted by atomic mass is 10.2. The molecular weight excluding hydrogens is 444 g/mol. The van der Waals surface area contributed by atoms with E-state index in [-0.39, 0.29) is 34.8 Å².